The molecule has 0 saturated carbocycles. The molecule has 1 N–H and O–H groups in total. The molecule has 3 amide bonds. The van der Waals surface area contributed by atoms with Gasteiger partial charge < -0.3 is 24.5 Å². The minimum absolute atomic E-state index is 0.0348. The number of carboxylic acid groups (broad SMARTS) is 1. The molecule has 28 heavy (non-hydrogen) atoms. The van der Waals surface area contributed by atoms with Crippen molar-refractivity contribution in [2.24, 2.45) is 0 Å². The third-order valence-corrected chi connectivity index (χ3v) is 6.44. The van der Waals surface area contributed by atoms with E-state index >= 15 is 0 Å². The molecule has 3 aliphatic rings. The maximum Gasteiger partial charge on any atom is 0.407 e. The van der Waals surface area contributed by atoms with Crippen LogP contribution in [0.3, 0.4) is 0 Å². The number of nitrogens with zero attached hydrogens (tertiary/aromatic N) is 3. The third-order valence-electron chi connectivity index (χ3n) is 6.22. The molecule has 0 aliphatic carbocycles. The van der Waals surface area contributed by atoms with Crippen LogP contribution in [0.2, 0.25) is 5.02 Å². The zero-order valence-corrected chi connectivity index (χ0v) is 16.8. The van der Waals surface area contributed by atoms with Crippen molar-refractivity contribution >= 4 is 23.7 Å². The molecule has 0 spiro atoms. The van der Waals surface area contributed by atoms with E-state index in [0.29, 0.717) is 37.7 Å². The highest BCUT2D eigenvalue weighted by Crippen LogP contribution is 2.38. The van der Waals surface area contributed by atoms with Crippen molar-refractivity contribution in [2.75, 3.05) is 33.3 Å². The van der Waals surface area contributed by atoms with E-state index in [4.69, 9.17) is 16.3 Å². The van der Waals surface area contributed by atoms with Crippen LogP contribution < -0.4 is 0 Å². The maximum atomic E-state index is 13.0. The third kappa shape index (κ3) is 3.53. The summed E-state index contributed by atoms with van der Waals surface area (Å²) in [4.78, 5) is 29.9. The van der Waals surface area contributed by atoms with Gasteiger partial charge in [-0.15, -0.1) is 0 Å². The quantitative estimate of drug-likeness (QED) is 0.815. The van der Waals surface area contributed by atoms with Crippen LogP contribution in [-0.2, 0) is 17.7 Å². The number of urea groups is 1. The Morgan fingerprint density at radius 2 is 2.00 bits per heavy atom. The molecule has 1 aromatic rings. The van der Waals surface area contributed by atoms with Crippen LogP contribution in [0.15, 0.2) is 12.1 Å². The van der Waals surface area contributed by atoms with Crippen LogP contribution in [0.4, 0.5) is 9.59 Å². The number of carbonyl (C=O) groups excluding carboxylic acids is 1. The summed E-state index contributed by atoms with van der Waals surface area (Å²) in [5.41, 5.74) is 3.14. The number of methoxy groups -OCH3 is 1. The first-order chi connectivity index (χ1) is 13.5. The molecule has 0 aromatic heterocycles. The minimum Gasteiger partial charge on any atom is -0.465 e. The van der Waals surface area contributed by atoms with Gasteiger partial charge in [0.25, 0.3) is 0 Å². The van der Waals surface area contributed by atoms with Crippen molar-refractivity contribution in [1.29, 1.82) is 0 Å². The summed E-state index contributed by atoms with van der Waals surface area (Å²) in [6.07, 6.45) is 2.43. The monoisotopic (exact) mass is 407 g/mol. The number of ether oxygens (including phenoxy) is 1. The number of fused-ring (bicyclic) bond motifs is 1. The topological polar surface area (TPSA) is 73.3 Å². The van der Waals surface area contributed by atoms with Crippen molar-refractivity contribution in [3.63, 3.8) is 0 Å². The van der Waals surface area contributed by atoms with Gasteiger partial charge in [-0.1, -0.05) is 11.6 Å². The lowest BCUT2D eigenvalue weighted by Crippen LogP contribution is -2.45. The summed E-state index contributed by atoms with van der Waals surface area (Å²) in [6.45, 7) is 3.02. The number of hydrogen-bond donors (Lipinski definition) is 1. The van der Waals surface area contributed by atoms with Crippen molar-refractivity contribution < 1.29 is 19.4 Å². The fourth-order valence-corrected chi connectivity index (χ4v) is 4.98. The fraction of sp³-hybridized carbons (Fsp3) is 0.600. The number of rotatable bonds is 2. The van der Waals surface area contributed by atoms with Gasteiger partial charge in [-0.3, -0.25) is 0 Å². The van der Waals surface area contributed by atoms with E-state index in [1.807, 2.05) is 21.9 Å². The predicted octanol–water partition coefficient (Wildman–Crippen LogP) is 3.35. The van der Waals surface area contributed by atoms with Crippen LogP contribution in [0.25, 0.3) is 0 Å². The van der Waals surface area contributed by atoms with Crippen LogP contribution in [0.1, 0.15) is 42.0 Å². The molecule has 2 saturated heterocycles. The number of halogens is 1. The lowest BCUT2D eigenvalue weighted by molar-refractivity contribution is 0.104. The highest BCUT2D eigenvalue weighted by molar-refractivity contribution is 6.30. The Labute approximate surface area is 169 Å². The second kappa shape index (κ2) is 7.79. The summed E-state index contributed by atoms with van der Waals surface area (Å²) in [5.74, 6) is 0. The van der Waals surface area contributed by atoms with Gasteiger partial charge in [0.1, 0.15) is 0 Å². The summed E-state index contributed by atoms with van der Waals surface area (Å²) in [6, 6.07) is 3.69. The van der Waals surface area contributed by atoms with Crippen LogP contribution in [0.5, 0.6) is 0 Å². The average molecular weight is 408 g/mol. The van der Waals surface area contributed by atoms with Crippen LogP contribution >= 0.6 is 11.6 Å². The van der Waals surface area contributed by atoms with Gasteiger partial charge in [0.15, 0.2) is 0 Å². The SMILES string of the molecule is CO[C@@H]1CCN(C(=O)N2CCc3cc(Cl)cc([C@@H]4CCCN4C(=O)O)c3C2)C1. The largest absolute Gasteiger partial charge is 0.465 e. The van der Waals surface area contributed by atoms with Crippen molar-refractivity contribution in [1.82, 2.24) is 14.7 Å². The number of benzene rings is 1. The van der Waals surface area contributed by atoms with Gasteiger partial charge in [0.05, 0.1) is 12.1 Å². The van der Waals surface area contributed by atoms with Crippen molar-refractivity contribution in [3.05, 3.63) is 33.8 Å². The summed E-state index contributed by atoms with van der Waals surface area (Å²) < 4.78 is 5.38. The van der Waals surface area contributed by atoms with Gasteiger partial charge in [0, 0.05) is 44.9 Å². The molecule has 8 heteroatoms. The standard InChI is InChI=1S/C20H26ClN3O4/c1-28-15-5-8-22(11-15)19(25)23-7-4-13-9-14(21)10-16(17(13)12-23)18-3-2-6-24(18)20(26)27/h9-10,15,18H,2-8,11-12H2,1H3,(H,26,27)/t15-,18+/m1/s1. The predicted molar refractivity (Wildman–Crippen MR) is 105 cm³/mol. The Morgan fingerprint density at radius 1 is 1.18 bits per heavy atom. The van der Waals surface area contributed by atoms with E-state index in [0.717, 1.165) is 42.4 Å². The zero-order valence-electron chi connectivity index (χ0n) is 16.1. The van der Waals surface area contributed by atoms with E-state index in [-0.39, 0.29) is 18.2 Å². The van der Waals surface area contributed by atoms with E-state index in [9.17, 15) is 14.7 Å². The summed E-state index contributed by atoms with van der Waals surface area (Å²) in [7, 11) is 1.68. The Morgan fingerprint density at radius 3 is 2.71 bits per heavy atom. The smallest absolute Gasteiger partial charge is 0.407 e. The molecule has 0 radical (unpaired) electrons. The molecule has 152 valence electrons. The molecule has 4 rings (SSSR count). The van der Waals surface area contributed by atoms with Gasteiger partial charge in [-0.25, -0.2) is 9.59 Å². The van der Waals surface area contributed by atoms with Gasteiger partial charge in [0.2, 0.25) is 0 Å². The van der Waals surface area contributed by atoms with Gasteiger partial charge in [-0.05, 0) is 54.5 Å². The summed E-state index contributed by atoms with van der Waals surface area (Å²) >= 11 is 6.35. The Balaban J connectivity index is 1.59. The van der Waals surface area contributed by atoms with Crippen LogP contribution in [-0.4, -0.2) is 71.3 Å². The normalized spacial score (nSPS) is 24.6. The average Bonchev–Trinajstić information content (AvgIpc) is 3.35. The number of amides is 3. The number of carbonyl (C=O) groups is 2. The van der Waals surface area contributed by atoms with E-state index in [2.05, 4.69) is 0 Å². The van der Waals surface area contributed by atoms with Crippen molar-refractivity contribution in [2.45, 2.75) is 44.4 Å². The van der Waals surface area contributed by atoms with E-state index in [1.54, 1.807) is 7.11 Å². The summed E-state index contributed by atoms with van der Waals surface area (Å²) in [5, 5.41) is 10.2. The molecule has 1 aromatic carbocycles. The first-order valence-corrected chi connectivity index (χ1v) is 10.2. The molecule has 3 heterocycles. The Hall–Kier alpha value is -1.99. The lowest BCUT2D eigenvalue weighted by atomic mass is 9.90. The number of likely N-dealkylation sites (tertiary alicyclic amines) is 2. The highest BCUT2D eigenvalue weighted by Gasteiger charge is 2.35. The van der Waals surface area contributed by atoms with Gasteiger partial charge in [-0.2, -0.15) is 0 Å². The molecular weight excluding hydrogens is 382 g/mol. The first kappa shape index (κ1) is 19.3. The Bertz CT molecular complexity index is 787. The molecule has 7 nitrogen and oxygen atoms in total. The second-order valence-electron chi connectivity index (χ2n) is 7.81. The van der Waals surface area contributed by atoms with Gasteiger partial charge >= 0.3 is 12.1 Å². The molecule has 0 unspecified atom stereocenters. The Kier molecular flexibility index (Phi) is 5.38. The van der Waals surface area contributed by atoms with E-state index < -0.39 is 6.09 Å². The lowest BCUT2D eigenvalue weighted by Gasteiger charge is -2.35. The van der Waals surface area contributed by atoms with Crippen molar-refractivity contribution in [3.8, 4) is 0 Å². The molecule has 0 bridgehead atoms. The highest BCUT2D eigenvalue weighted by atomic mass is 35.5. The molecular formula is C20H26ClN3O4. The maximum absolute atomic E-state index is 13.0. The zero-order chi connectivity index (χ0) is 19.8. The second-order valence-corrected chi connectivity index (χ2v) is 8.25. The van der Waals surface area contributed by atoms with Crippen LogP contribution in [0, 0.1) is 0 Å². The molecule has 2 atom stereocenters. The minimum atomic E-state index is -0.900. The molecule has 3 aliphatic heterocycles. The molecule has 2 fully saturated rings. The first-order valence-electron chi connectivity index (χ1n) is 9.85. The number of hydrogen-bond acceptors (Lipinski definition) is 3. The van der Waals surface area contributed by atoms with E-state index in [1.165, 1.54) is 4.90 Å². The fourth-order valence-electron chi connectivity index (χ4n) is 4.73.